The molecule has 1 aromatic rings. The Morgan fingerprint density at radius 1 is 1.44 bits per heavy atom. The zero-order valence-corrected chi connectivity index (χ0v) is 16.7. The number of amides is 2. The number of phenols is 1. The first-order valence-corrected chi connectivity index (χ1v) is 9.56. The van der Waals surface area contributed by atoms with E-state index in [9.17, 15) is 19.5 Å². The summed E-state index contributed by atoms with van der Waals surface area (Å²) >= 11 is 12.2. The maximum Gasteiger partial charge on any atom is 0.303 e. The average molecular weight is 429 g/mol. The Labute approximate surface area is 170 Å². The Hall–Kier alpha value is -2.10. The molecule has 1 heterocycles. The van der Waals surface area contributed by atoms with Crippen molar-refractivity contribution < 1.29 is 24.6 Å². The molecule has 2 rings (SSSR count). The van der Waals surface area contributed by atoms with Crippen LogP contribution in [0.3, 0.4) is 0 Å². The van der Waals surface area contributed by atoms with E-state index in [2.05, 4.69) is 5.32 Å². The maximum absolute atomic E-state index is 12.7. The van der Waals surface area contributed by atoms with Crippen molar-refractivity contribution in [3.8, 4) is 5.75 Å². The van der Waals surface area contributed by atoms with Gasteiger partial charge in [-0.25, -0.2) is 0 Å². The number of thiocarbonyl (C=S) groups is 1. The molecule has 3 N–H and O–H groups in total. The third-order valence-corrected chi connectivity index (χ3v) is 5.30. The van der Waals surface area contributed by atoms with E-state index in [4.69, 9.17) is 28.9 Å². The van der Waals surface area contributed by atoms with E-state index in [0.29, 0.717) is 17.0 Å². The summed E-state index contributed by atoms with van der Waals surface area (Å²) in [6.45, 7) is 1.73. The highest BCUT2D eigenvalue weighted by Crippen LogP contribution is 2.35. The first-order chi connectivity index (χ1) is 12.7. The first kappa shape index (κ1) is 21.2. The maximum atomic E-state index is 12.7. The number of carboxylic acids is 1. The molecule has 0 bridgehead atoms. The number of hydrogen-bond donors (Lipinski definition) is 3. The summed E-state index contributed by atoms with van der Waals surface area (Å²) in [5.74, 6) is -1.85. The molecule has 27 heavy (non-hydrogen) atoms. The van der Waals surface area contributed by atoms with E-state index < -0.39 is 23.8 Å². The average Bonchev–Trinajstić information content (AvgIpc) is 2.87. The van der Waals surface area contributed by atoms with Gasteiger partial charge in [0, 0.05) is 23.6 Å². The molecular weight excluding hydrogens is 412 g/mol. The van der Waals surface area contributed by atoms with Crippen molar-refractivity contribution in [2.24, 2.45) is 0 Å². The van der Waals surface area contributed by atoms with E-state index in [1.807, 2.05) is 0 Å². The number of carboxylic acid groups (broad SMARTS) is 1. The summed E-state index contributed by atoms with van der Waals surface area (Å²) in [6, 6.07) is 3.61. The van der Waals surface area contributed by atoms with E-state index in [0.717, 1.165) is 11.8 Å². The normalized spacial score (nSPS) is 16.7. The fourth-order valence-electron chi connectivity index (χ4n) is 2.31. The van der Waals surface area contributed by atoms with Gasteiger partial charge in [-0.2, -0.15) is 0 Å². The number of aliphatic carboxylic acids is 1. The van der Waals surface area contributed by atoms with Crippen molar-refractivity contribution in [3.05, 3.63) is 33.7 Å². The molecule has 0 aliphatic carbocycles. The molecule has 1 unspecified atom stereocenters. The monoisotopic (exact) mass is 428 g/mol. The number of phenolic OH excluding ortho intramolecular Hbond substituents is 1. The van der Waals surface area contributed by atoms with E-state index in [1.165, 1.54) is 36.1 Å². The summed E-state index contributed by atoms with van der Waals surface area (Å²) in [5, 5.41) is 21.5. The Morgan fingerprint density at radius 2 is 2.15 bits per heavy atom. The van der Waals surface area contributed by atoms with Gasteiger partial charge < -0.3 is 15.5 Å². The summed E-state index contributed by atoms with van der Waals surface area (Å²) in [7, 11) is 0. The van der Waals surface area contributed by atoms with E-state index in [-0.39, 0.29) is 27.9 Å². The lowest BCUT2D eigenvalue weighted by Crippen LogP contribution is -2.47. The number of carbonyl (C=O) groups is 3. The quantitative estimate of drug-likeness (QED) is 0.348. The summed E-state index contributed by atoms with van der Waals surface area (Å²) in [5.41, 5.74) is 0.369. The van der Waals surface area contributed by atoms with Gasteiger partial charge in [0.2, 0.25) is 5.91 Å². The molecule has 1 aliphatic heterocycles. The summed E-state index contributed by atoms with van der Waals surface area (Å²) in [4.78, 5) is 36.8. The molecule has 0 aromatic heterocycles. The van der Waals surface area contributed by atoms with Crippen molar-refractivity contribution >= 4 is 63.8 Å². The molecule has 0 spiro atoms. The molecule has 2 amide bonds. The van der Waals surface area contributed by atoms with Crippen LogP contribution in [-0.4, -0.2) is 49.8 Å². The van der Waals surface area contributed by atoms with Crippen LogP contribution >= 0.6 is 35.6 Å². The Morgan fingerprint density at radius 3 is 2.81 bits per heavy atom. The summed E-state index contributed by atoms with van der Waals surface area (Å²) in [6.07, 6.45) is 1.71. The van der Waals surface area contributed by atoms with Crippen LogP contribution in [-0.2, 0) is 14.4 Å². The minimum absolute atomic E-state index is 0.0334. The number of benzene rings is 1. The van der Waals surface area contributed by atoms with Crippen LogP contribution in [0.1, 0.15) is 25.3 Å². The number of nitrogens with one attached hydrogen (secondary N) is 1. The van der Waals surface area contributed by atoms with Gasteiger partial charge in [-0.1, -0.05) is 35.6 Å². The van der Waals surface area contributed by atoms with Gasteiger partial charge in [0.05, 0.1) is 4.91 Å². The zero-order valence-electron chi connectivity index (χ0n) is 14.3. The van der Waals surface area contributed by atoms with Crippen LogP contribution in [0.4, 0.5) is 0 Å². The molecule has 1 aliphatic rings. The predicted octanol–water partition coefficient (Wildman–Crippen LogP) is 2.62. The van der Waals surface area contributed by atoms with Crippen molar-refractivity contribution in [1.82, 2.24) is 10.2 Å². The number of hydrogen-bond acceptors (Lipinski definition) is 6. The van der Waals surface area contributed by atoms with Gasteiger partial charge in [0.15, 0.2) is 0 Å². The van der Waals surface area contributed by atoms with Crippen LogP contribution in [0.25, 0.3) is 6.08 Å². The summed E-state index contributed by atoms with van der Waals surface area (Å²) < 4.78 is 0.223. The third kappa shape index (κ3) is 5.44. The number of carbonyl (C=O) groups excluding carboxylic acids is 2. The van der Waals surface area contributed by atoms with Gasteiger partial charge >= 0.3 is 5.97 Å². The highest BCUT2D eigenvalue weighted by molar-refractivity contribution is 8.26. The molecule has 1 saturated heterocycles. The lowest BCUT2D eigenvalue weighted by molar-refractivity contribution is -0.137. The minimum Gasteiger partial charge on any atom is -0.507 e. The second kappa shape index (κ2) is 9.20. The van der Waals surface area contributed by atoms with Gasteiger partial charge in [0.25, 0.3) is 5.91 Å². The lowest BCUT2D eigenvalue weighted by Gasteiger charge is -2.22. The SMILES string of the molecule is CC(C(=O)NCCCC(=O)O)N1C(=O)/C(=C/c2cc(Cl)ccc2O)SC1=S. The Kier molecular flexibility index (Phi) is 7.23. The van der Waals surface area contributed by atoms with Crippen LogP contribution in [0, 0.1) is 0 Å². The largest absolute Gasteiger partial charge is 0.507 e. The number of halogens is 1. The molecule has 0 radical (unpaired) electrons. The van der Waals surface area contributed by atoms with Gasteiger partial charge in [0.1, 0.15) is 16.1 Å². The fraction of sp³-hybridized carbons (Fsp3) is 0.294. The van der Waals surface area contributed by atoms with Crippen molar-refractivity contribution in [2.45, 2.75) is 25.8 Å². The van der Waals surface area contributed by atoms with Crippen molar-refractivity contribution in [2.75, 3.05) is 6.54 Å². The standard InChI is InChI=1S/C17H17ClN2O5S2/c1-9(15(24)19-6-2-3-14(22)23)20-16(25)13(27-17(20)26)8-10-7-11(18)4-5-12(10)21/h4-5,7-9,21H,2-3,6H2,1H3,(H,19,24)(H,22,23)/b13-8-. The van der Waals surface area contributed by atoms with Crippen LogP contribution in [0.15, 0.2) is 23.1 Å². The van der Waals surface area contributed by atoms with Crippen LogP contribution in [0.5, 0.6) is 5.75 Å². The molecule has 1 aromatic carbocycles. The Bertz CT molecular complexity index is 828. The minimum atomic E-state index is -0.941. The zero-order chi connectivity index (χ0) is 20.1. The third-order valence-electron chi connectivity index (χ3n) is 3.73. The molecule has 144 valence electrons. The lowest BCUT2D eigenvalue weighted by atomic mass is 10.1. The number of aromatic hydroxyl groups is 1. The van der Waals surface area contributed by atoms with Crippen LogP contribution in [0.2, 0.25) is 5.02 Å². The second-order valence-corrected chi connectivity index (χ2v) is 7.83. The molecule has 7 nitrogen and oxygen atoms in total. The molecule has 0 saturated carbocycles. The highest BCUT2D eigenvalue weighted by atomic mass is 35.5. The van der Waals surface area contributed by atoms with Crippen molar-refractivity contribution in [3.63, 3.8) is 0 Å². The number of nitrogens with zero attached hydrogens (tertiary/aromatic N) is 1. The Balaban J connectivity index is 2.08. The van der Waals surface area contributed by atoms with E-state index in [1.54, 1.807) is 0 Å². The topological polar surface area (TPSA) is 107 Å². The van der Waals surface area contributed by atoms with Gasteiger partial charge in [-0.15, -0.1) is 0 Å². The van der Waals surface area contributed by atoms with E-state index >= 15 is 0 Å². The van der Waals surface area contributed by atoms with Gasteiger partial charge in [-0.3, -0.25) is 19.3 Å². The first-order valence-electron chi connectivity index (χ1n) is 7.95. The predicted molar refractivity (Wildman–Crippen MR) is 107 cm³/mol. The molecule has 10 heteroatoms. The fourth-order valence-corrected chi connectivity index (χ4v) is 3.90. The van der Waals surface area contributed by atoms with Crippen molar-refractivity contribution in [1.29, 1.82) is 0 Å². The second-order valence-electron chi connectivity index (χ2n) is 5.72. The molecule has 1 atom stereocenters. The number of thioether (sulfide) groups is 1. The van der Waals surface area contributed by atoms with Gasteiger partial charge in [-0.05, 0) is 37.6 Å². The van der Waals surface area contributed by atoms with Crippen LogP contribution < -0.4 is 5.32 Å². The smallest absolute Gasteiger partial charge is 0.303 e. The molecular formula is C17H17ClN2O5S2. The number of rotatable bonds is 7. The molecule has 1 fully saturated rings. The highest BCUT2D eigenvalue weighted by Gasteiger charge is 2.38.